The molecule has 28 heavy (non-hydrogen) atoms. The molecular weight excluding hydrogens is 376 g/mol. The standard InChI is InChI=1S/C21H23ClN4O2/c1-13(2)20(27)26-10-8-15(9-11-26)28-21-23-17-12-16(22)18(24-19(17)25-21)14-6-4-3-5-7-14/h3-7,12-13,15H,8-11H2,1-2H3,(H,23,24,25). The van der Waals surface area contributed by atoms with Crippen LogP contribution in [0.3, 0.4) is 0 Å². The number of carbonyl (C=O) groups excluding carboxylic acids is 1. The van der Waals surface area contributed by atoms with Gasteiger partial charge in [0.15, 0.2) is 5.65 Å². The number of nitrogens with zero attached hydrogens (tertiary/aromatic N) is 3. The number of amides is 1. The monoisotopic (exact) mass is 398 g/mol. The Hall–Kier alpha value is -2.60. The Morgan fingerprint density at radius 2 is 1.93 bits per heavy atom. The molecule has 1 saturated heterocycles. The fraction of sp³-hybridized carbons (Fsp3) is 0.381. The molecule has 146 valence electrons. The number of hydrogen-bond acceptors (Lipinski definition) is 4. The highest BCUT2D eigenvalue weighted by atomic mass is 35.5. The number of aromatic nitrogens is 3. The molecule has 0 unspecified atom stereocenters. The molecule has 1 aromatic carbocycles. The summed E-state index contributed by atoms with van der Waals surface area (Å²) >= 11 is 6.42. The molecule has 1 amide bonds. The third kappa shape index (κ3) is 3.83. The lowest BCUT2D eigenvalue weighted by Crippen LogP contribution is -2.43. The van der Waals surface area contributed by atoms with Gasteiger partial charge in [-0.25, -0.2) is 4.98 Å². The van der Waals surface area contributed by atoms with Crippen LogP contribution in [0.5, 0.6) is 6.01 Å². The summed E-state index contributed by atoms with van der Waals surface area (Å²) in [5.41, 5.74) is 2.97. The van der Waals surface area contributed by atoms with Crippen molar-refractivity contribution in [3.63, 3.8) is 0 Å². The van der Waals surface area contributed by atoms with Gasteiger partial charge in [0.1, 0.15) is 6.10 Å². The Kier molecular flexibility index (Phi) is 5.22. The number of nitrogens with one attached hydrogen (secondary N) is 1. The largest absolute Gasteiger partial charge is 0.461 e. The molecule has 4 rings (SSSR count). The minimum Gasteiger partial charge on any atom is -0.461 e. The molecule has 2 aromatic heterocycles. The highest BCUT2D eigenvalue weighted by molar-refractivity contribution is 6.33. The zero-order chi connectivity index (χ0) is 19.7. The number of benzene rings is 1. The van der Waals surface area contributed by atoms with Gasteiger partial charge in [0.2, 0.25) is 5.91 Å². The number of hydrogen-bond donors (Lipinski definition) is 1. The SMILES string of the molecule is CC(C)C(=O)N1CCC(Oc2nc3nc(-c4ccccc4)c(Cl)cc3[nH]2)CC1. The highest BCUT2D eigenvalue weighted by Gasteiger charge is 2.26. The van der Waals surface area contributed by atoms with E-state index in [9.17, 15) is 4.79 Å². The lowest BCUT2D eigenvalue weighted by molar-refractivity contribution is -0.136. The van der Waals surface area contributed by atoms with Crippen molar-refractivity contribution in [1.29, 1.82) is 0 Å². The Balaban J connectivity index is 1.48. The number of likely N-dealkylation sites (tertiary alicyclic amines) is 1. The van der Waals surface area contributed by atoms with E-state index >= 15 is 0 Å². The number of imidazole rings is 1. The van der Waals surface area contributed by atoms with Gasteiger partial charge in [0.05, 0.1) is 16.2 Å². The quantitative estimate of drug-likeness (QED) is 0.711. The lowest BCUT2D eigenvalue weighted by Gasteiger charge is -2.32. The molecule has 0 atom stereocenters. The third-order valence-corrected chi connectivity index (χ3v) is 5.27. The number of H-pyrrole nitrogens is 1. The van der Waals surface area contributed by atoms with Crippen molar-refractivity contribution in [3.05, 3.63) is 41.4 Å². The summed E-state index contributed by atoms with van der Waals surface area (Å²) < 4.78 is 6.03. The topological polar surface area (TPSA) is 71.1 Å². The predicted octanol–water partition coefficient (Wildman–Crippen LogP) is 4.30. The van der Waals surface area contributed by atoms with Crippen LogP contribution in [0, 0.1) is 5.92 Å². The molecular formula is C21H23ClN4O2. The highest BCUT2D eigenvalue weighted by Crippen LogP contribution is 2.29. The van der Waals surface area contributed by atoms with Crippen molar-refractivity contribution in [3.8, 4) is 17.3 Å². The molecule has 0 radical (unpaired) electrons. The summed E-state index contributed by atoms with van der Waals surface area (Å²) in [6.07, 6.45) is 1.61. The van der Waals surface area contributed by atoms with Crippen LogP contribution in [-0.2, 0) is 4.79 Å². The number of carbonyl (C=O) groups is 1. The first kappa shape index (κ1) is 18.7. The van der Waals surface area contributed by atoms with E-state index in [4.69, 9.17) is 16.3 Å². The summed E-state index contributed by atoms with van der Waals surface area (Å²) in [7, 11) is 0. The molecule has 3 heterocycles. The molecule has 0 bridgehead atoms. The summed E-state index contributed by atoms with van der Waals surface area (Å²) in [5.74, 6) is 0.233. The van der Waals surface area contributed by atoms with E-state index < -0.39 is 0 Å². The molecule has 0 spiro atoms. The van der Waals surface area contributed by atoms with Gasteiger partial charge in [-0.2, -0.15) is 4.98 Å². The van der Waals surface area contributed by atoms with Crippen LogP contribution in [0.4, 0.5) is 0 Å². The van der Waals surface area contributed by atoms with Gasteiger partial charge < -0.3 is 14.6 Å². The van der Waals surface area contributed by atoms with Gasteiger partial charge >= 0.3 is 0 Å². The Morgan fingerprint density at radius 3 is 2.61 bits per heavy atom. The first-order valence-electron chi connectivity index (χ1n) is 9.58. The van der Waals surface area contributed by atoms with Crippen LogP contribution in [0.15, 0.2) is 36.4 Å². The lowest BCUT2D eigenvalue weighted by atomic mass is 10.1. The fourth-order valence-corrected chi connectivity index (χ4v) is 3.73. The average Bonchev–Trinajstić information content (AvgIpc) is 3.09. The van der Waals surface area contributed by atoms with Crippen LogP contribution in [0.25, 0.3) is 22.4 Å². The van der Waals surface area contributed by atoms with Crippen LogP contribution in [-0.4, -0.2) is 45.0 Å². The molecule has 1 fully saturated rings. The summed E-state index contributed by atoms with van der Waals surface area (Å²) in [4.78, 5) is 26.3. The van der Waals surface area contributed by atoms with E-state index in [0.717, 1.165) is 23.9 Å². The Morgan fingerprint density at radius 1 is 1.21 bits per heavy atom. The van der Waals surface area contributed by atoms with Gasteiger partial charge in [-0.3, -0.25) is 4.79 Å². The molecule has 1 N–H and O–H groups in total. The molecule has 6 nitrogen and oxygen atoms in total. The number of fused-ring (bicyclic) bond motifs is 1. The number of pyridine rings is 1. The normalized spacial score (nSPS) is 15.4. The second-order valence-electron chi connectivity index (χ2n) is 7.40. The molecule has 7 heteroatoms. The Labute approximate surface area is 168 Å². The zero-order valence-electron chi connectivity index (χ0n) is 16.0. The zero-order valence-corrected chi connectivity index (χ0v) is 16.7. The number of rotatable bonds is 4. The summed E-state index contributed by atoms with van der Waals surface area (Å²) in [6, 6.07) is 12.1. The minimum atomic E-state index is 0.0286. The second kappa shape index (κ2) is 7.80. The van der Waals surface area contributed by atoms with E-state index in [1.165, 1.54) is 0 Å². The van der Waals surface area contributed by atoms with Crippen LogP contribution >= 0.6 is 11.6 Å². The third-order valence-electron chi connectivity index (χ3n) is 4.98. The van der Waals surface area contributed by atoms with E-state index in [1.54, 1.807) is 0 Å². The van der Waals surface area contributed by atoms with Crippen molar-refractivity contribution in [1.82, 2.24) is 19.9 Å². The smallest absolute Gasteiger partial charge is 0.296 e. The summed E-state index contributed by atoms with van der Waals surface area (Å²) in [6.45, 7) is 5.29. The molecule has 0 aliphatic carbocycles. The van der Waals surface area contributed by atoms with Gasteiger partial charge in [0, 0.05) is 37.4 Å². The fourth-order valence-electron chi connectivity index (χ4n) is 3.47. The van der Waals surface area contributed by atoms with E-state index in [2.05, 4.69) is 15.0 Å². The number of halogens is 1. The summed E-state index contributed by atoms with van der Waals surface area (Å²) in [5, 5.41) is 0.564. The maximum Gasteiger partial charge on any atom is 0.296 e. The molecule has 3 aromatic rings. The van der Waals surface area contributed by atoms with Crippen LogP contribution in [0.1, 0.15) is 26.7 Å². The second-order valence-corrected chi connectivity index (χ2v) is 7.80. The molecule has 1 aliphatic heterocycles. The molecule has 0 saturated carbocycles. The van der Waals surface area contributed by atoms with Crippen molar-refractivity contribution in [2.45, 2.75) is 32.8 Å². The number of ether oxygens (including phenoxy) is 1. The average molecular weight is 399 g/mol. The molecule has 1 aliphatic rings. The van der Waals surface area contributed by atoms with Gasteiger partial charge in [0.25, 0.3) is 6.01 Å². The number of aromatic amines is 1. The van der Waals surface area contributed by atoms with Crippen molar-refractivity contribution in [2.75, 3.05) is 13.1 Å². The van der Waals surface area contributed by atoms with E-state index in [0.29, 0.717) is 35.5 Å². The van der Waals surface area contributed by atoms with Crippen LogP contribution in [0.2, 0.25) is 5.02 Å². The Bertz CT molecular complexity index is 979. The minimum absolute atomic E-state index is 0.0286. The maximum absolute atomic E-state index is 12.1. The van der Waals surface area contributed by atoms with Gasteiger partial charge in [-0.1, -0.05) is 55.8 Å². The van der Waals surface area contributed by atoms with Crippen LogP contribution < -0.4 is 4.74 Å². The maximum atomic E-state index is 12.1. The van der Waals surface area contributed by atoms with E-state index in [-0.39, 0.29) is 17.9 Å². The number of piperidine rings is 1. The van der Waals surface area contributed by atoms with Crippen molar-refractivity contribution < 1.29 is 9.53 Å². The first-order chi connectivity index (χ1) is 13.5. The van der Waals surface area contributed by atoms with Gasteiger partial charge in [-0.15, -0.1) is 0 Å². The first-order valence-corrected chi connectivity index (χ1v) is 9.96. The van der Waals surface area contributed by atoms with Crippen molar-refractivity contribution in [2.24, 2.45) is 5.92 Å². The van der Waals surface area contributed by atoms with Gasteiger partial charge in [-0.05, 0) is 6.07 Å². The van der Waals surface area contributed by atoms with Crippen molar-refractivity contribution >= 4 is 28.7 Å². The predicted molar refractivity (Wildman–Crippen MR) is 109 cm³/mol. The van der Waals surface area contributed by atoms with E-state index in [1.807, 2.05) is 55.1 Å².